The van der Waals surface area contributed by atoms with Crippen LogP contribution < -0.4 is 11.1 Å². The fourth-order valence-corrected chi connectivity index (χ4v) is 4.35. The highest BCUT2D eigenvalue weighted by molar-refractivity contribution is 5.93. The summed E-state index contributed by atoms with van der Waals surface area (Å²) in [7, 11) is 0. The molecule has 1 unspecified atom stereocenters. The van der Waals surface area contributed by atoms with Crippen molar-refractivity contribution in [2.24, 2.45) is 5.73 Å². The summed E-state index contributed by atoms with van der Waals surface area (Å²) < 4.78 is 77.2. The molecule has 8 nitrogen and oxygen atoms in total. The van der Waals surface area contributed by atoms with Crippen LogP contribution in [-0.4, -0.2) is 60.9 Å². The van der Waals surface area contributed by atoms with E-state index in [0.717, 1.165) is 30.5 Å². The maximum absolute atomic E-state index is 13.7. The van der Waals surface area contributed by atoms with Gasteiger partial charge in [0, 0.05) is 48.5 Å². The van der Waals surface area contributed by atoms with Crippen LogP contribution >= 0.6 is 0 Å². The molecular weight excluding hydrogens is 515 g/mol. The van der Waals surface area contributed by atoms with E-state index in [0.29, 0.717) is 32.4 Å². The monoisotopic (exact) mass is 538 g/mol. The third kappa shape index (κ3) is 6.34. The number of carbonyl (C=O) groups is 2. The summed E-state index contributed by atoms with van der Waals surface area (Å²) in [6.45, 7) is 1.50. The predicted octanol–water partition coefficient (Wildman–Crippen LogP) is 2.91. The van der Waals surface area contributed by atoms with Crippen LogP contribution in [0.25, 0.3) is 11.3 Å². The van der Waals surface area contributed by atoms with Crippen molar-refractivity contribution in [2.45, 2.75) is 18.3 Å². The van der Waals surface area contributed by atoms with Gasteiger partial charge >= 0.3 is 6.36 Å². The number of amides is 2. The quantitative estimate of drug-likeness (QED) is 0.526. The van der Waals surface area contributed by atoms with E-state index in [9.17, 15) is 31.5 Å². The van der Waals surface area contributed by atoms with Crippen LogP contribution in [-0.2, 0) is 24.6 Å². The van der Waals surface area contributed by atoms with E-state index >= 15 is 0 Å². The molecule has 202 valence electrons. The summed E-state index contributed by atoms with van der Waals surface area (Å²) in [6, 6.07) is 5.42. The molecule has 1 atom stereocenters. The molecule has 1 saturated heterocycles. The molecular formula is C25H23F5N4O4. The summed E-state index contributed by atoms with van der Waals surface area (Å²) in [5, 5.41) is 2.61. The lowest BCUT2D eigenvalue weighted by Crippen LogP contribution is -2.54. The van der Waals surface area contributed by atoms with Crippen LogP contribution in [0.5, 0.6) is 0 Å². The van der Waals surface area contributed by atoms with Crippen molar-refractivity contribution < 1.29 is 41.0 Å². The number of ether oxygens (including phenoxy) is 2. The second-order valence-corrected chi connectivity index (χ2v) is 8.74. The number of alkyl halides is 3. The molecule has 3 N–H and O–H groups in total. The molecule has 0 bridgehead atoms. The number of nitrogens with zero attached hydrogens (tertiary/aromatic N) is 2. The van der Waals surface area contributed by atoms with Crippen LogP contribution in [0.3, 0.4) is 0 Å². The lowest BCUT2D eigenvalue weighted by atomic mass is 9.79. The Morgan fingerprint density at radius 2 is 1.79 bits per heavy atom. The Hall–Kier alpha value is -3.84. The van der Waals surface area contributed by atoms with Gasteiger partial charge in [-0.25, -0.2) is 8.78 Å². The fourth-order valence-electron chi connectivity index (χ4n) is 4.35. The maximum Gasteiger partial charge on any atom is 0.572 e. The lowest BCUT2D eigenvalue weighted by Gasteiger charge is -2.39. The summed E-state index contributed by atoms with van der Waals surface area (Å²) in [4.78, 5) is 31.0. The molecule has 2 aliphatic rings. The molecule has 1 aromatic heterocycles. The van der Waals surface area contributed by atoms with E-state index in [2.05, 4.69) is 15.0 Å². The number of rotatable bonds is 7. The Morgan fingerprint density at radius 1 is 1.11 bits per heavy atom. The summed E-state index contributed by atoms with van der Waals surface area (Å²) >= 11 is 0. The normalized spacial score (nSPS) is 20.3. The molecule has 13 heteroatoms. The Labute approximate surface area is 213 Å². The Bertz CT molecular complexity index is 1250. The minimum Gasteiger partial charge on any atom is -0.407 e. The number of pyridine rings is 1. The van der Waals surface area contributed by atoms with Crippen molar-refractivity contribution >= 4 is 11.8 Å². The molecule has 38 heavy (non-hydrogen) atoms. The third-order valence-electron chi connectivity index (χ3n) is 6.09. The molecule has 1 fully saturated rings. The van der Waals surface area contributed by atoms with E-state index < -0.39 is 47.5 Å². The molecule has 1 aromatic carbocycles. The summed E-state index contributed by atoms with van der Waals surface area (Å²) in [5.74, 6) is -3.95. The number of halogens is 5. The van der Waals surface area contributed by atoms with Crippen LogP contribution in [0.15, 0.2) is 60.0 Å². The predicted molar refractivity (Wildman–Crippen MR) is 124 cm³/mol. The van der Waals surface area contributed by atoms with Gasteiger partial charge in [-0.2, -0.15) is 0 Å². The van der Waals surface area contributed by atoms with Crippen molar-refractivity contribution in [3.8, 4) is 11.3 Å². The van der Waals surface area contributed by atoms with Gasteiger partial charge in [-0.15, -0.1) is 13.2 Å². The number of nitrogens with one attached hydrogen (secondary N) is 1. The number of nitrogens with two attached hydrogens (primary N) is 1. The van der Waals surface area contributed by atoms with Crippen molar-refractivity contribution in [3.63, 3.8) is 0 Å². The van der Waals surface area contributed by atoms with Gasteiger partial charge in [-0.3, -0.25) is 19.5 Å². The van der Waals surface area contributed by atoms with Crippen LogP contribution in [0.4, 0.5) is 22.0 Å². The number of carbonyl (C=O) groups excluding carboxylic acids is 2. The zero-order valence-corrected chi connectivity index (χ0v) is 19.9. The number of benzene rings is 1. The number of hydrogen-bond acceptors (Lipinski definition) is 6. The zero-order chi connectivity index (χ0) is 27.5. The van der Waals surface area contributed by atoms with Gasteiger partial charge in [0.1, 0.15) is 22.9 Å². The third-order valence-corrected chi connectivity index (χ3v) is 6.09. The summed E-state index contributed by atoms with van der Waals surface area (Å²) in [6.07, 6.45) is -2.44. The molecule has 0 spiro atoms. The van der Waals surface area contributed by atoms with E-state index in [1.165, 1.54) is 12.1 Å². The van der Waals surface area contributed by atoms with Crippen molar-refractivity contribution in [1.29, 1.82) is 0 Å². The van der Waals surface area contributed by atoms with Gasteiger partial charge in [0.25, 0.3) is 0 Å². The largest absolute Gasteiger partial charge is 0.572 e. The van der Waals surface area contributed by atoms with E-state index in [1.54, 1.807) is 4.90 Å². The average molecular weight is 538 g/mol. The smallest absolute Gasteiger partial charge is 0.407 e. The summed E-state index contributed by atoms with van der Waals surface area (Å²) in [5.41, 5.74) is 3.57. The zero-order valence-electron chi connectivity index (χ0n) is 19.9. The number of hydrogen-bond donors (Lipinski definition) is 2. The molecule has 2 heterocycles. The van der Waals surface area contributed by atoms with Crippen molar-refractivity contribution in [1.82, 2.24) is 15.2 Å². The van der Waals surface area contributed by atoms with Crippen LogP contribution in [0.1, 0.15) is 12.0 Å². The maximum atomic E-state index is 13.7. The van der Waals surface area contributed by atoms with E-state index in [-0.39, 0.29) is 28.9 Å². The van der Waals surface area contributed by atoms with Gasteiger partial charge in [-0.05, 0) is 24.3 Å². The number of allylic oxidation sites excluding steroid dienone is 2. The molecule has 0 saturated carbocycles. The fraction of sp³-hybridized carbons (Fsp3) is 0.320. The van der Waals surface area contributed by atoms with Crippen molar-refractivity contribution in [2.75, 3.05) is 32.8 Å². The minimum atomic E-state index is -5.13. The number of morpholine rings is 1. The standard InChI is InChI=1S/C25H23F5N4O4/c26-18-9-16(10-19(27)11-18)20-3-2-17(13-32-20)24(33-22(35)14-34-5-7-37-8-6-34)12-15(23(31)36)1-4-21(24)38-25(28,29)30/h1-4,9-11,13H,5-8,12,14H2,(H2,31,36)(H,33,35). The first kappa shape index (κ1) is 27.2. The van der Waals surface area contributed by atoms with Crippen LogP contribution in [0.2, 0.25) is 0 Å². The highest BCUT2D eigenvalue weighted by atomic mass is 19.4. The van der Waals surface area contributed by atoms with Crippen LogP contribution in [0, 0.1) is 11.6 Å². The highest BCUT2D eigenvalue weighted by Gasteiger charge is 2.47. The molecule has 4 rings (SSSR count). The first-order valence-electron chi connectivity index (χ1n) is 11.5. The van der Waals surface area contributed by atoms with Gasteiger partial charge in [-0.1, -0.05) is 12.1 Å². The SMILES string of the molecule is NC(=O)C1=CC=C(OC(F)(F)F)C(NC(=O)CN2CCOCC2)(c2ccc(-c3cc(F)cc(F)c3)nc2)C1. The molecule has 1 aliphatic heterocycles. The molecule has 2 amide bonds. The second-order valence-electron chi connectivity index (χ2n) is 8.74. The van der Waals surface area contributed by atoms with Gasteiger partial charge in [0.15, 0.2) is 0 Å². The second kappa shape index (κ2) is 10.9. The topological polar surface area (TPSA) is 107 Å². The molecule has 0 radical (unpaired) electrons. The number of primary amides is 1. The van der Waals surface area contributed by atoms with E-state index in [1.807, 2.05) is 0 Å². The minimum absolute atomic E-state index is 0.0239. The van der Waals surface area contributed by atoms with Gasteiger partial charge < -0.3 is 20.5 Å². The lowest BCUT2D eigenvalue weighted by molar-refractivity contribution is -0.310. The Kier molecular flexibility index (Phi) is 7.78. The first-order chi connectivity index (χ1) is 17.9. The van der Waals surface area contributed by atoms with E-state index in [4.69, 9.17) is 10.5 Å². The van der Waals surface area contributed by atoms with Gasteiger partial charge in [0.05, 0.1) is 25.5 Å². The molecule has 1 aliphatic carbocycles. The Balaban J connectivity index is 1.76. The van der Waals surface area contributed by atoms with Crippen molar-refractivity contribution in [3.05, 3.63) is 77.2 Å². The first-order valence-corrected chi connectivity index (χ1v) is 11.5. The Morgan fingerprint density at radius 3 is 2.37 bits per heavy atom. The highest BCUT2D eigenvalue weighted by Crippen LogP contribution is 2.42. The number of aromatic nitrogens is 1. The van der Waals surface area contributed by atoms with Gasteiger partial charge in [0.2, 0.25) is 11.8 Å². The average Bonchev–Trinajstić information content (AvgIpc) is 2.84. The molecule has 2 aromatic rings.